The number of hydrogen-bond donors (Lipinski definition) is 2. The number of aromatic nitrogens is 2. The zero-order valence-electron chi connectivity index (χ0n) is 26.6. The number of benzene rings is 2. The van der Waals surface area contributed by atoms with Crippen LogP contribution in [0.2, 0.25) is 0 Å². The van der Waals surface area contributed by atoms with Gasteiger partial charge in [-0.25, -0.2) is 9.78 Å². The summed E-state index contributed by atoms with van der Waals surface area (Å²) in [4.78, 5) is 56.7. The molecule has 234 valence electrons. The molecular weight excluding hydrogens is 562 g/mol. The van der Waals surface area contributed by atoms with E-state index in [1.807, 2.05) is 48.9 Å². The summed E-state index contributed by atoms with van der Waals surface area (Å²) in [5.74, 6) is -0.691. The highest BCUT2D eigenvalue weighted by atomic mass is 16.6. The molecule has 4 rings (SSSR count). The summed E-state index contributed by atoms with van der Waals surface area (Å²) >= 11 is 0. The molecule has 2 aromatic carbocycles. The summed E-state index contributed by atoms with van der Waals surface area (Å²) in [5, 5.41) is 2.79. The normalized spacial score (nSPS) is 13.8. The van der Waals surface area contributed by atoms with Gasteiger partial charge in [-0.05, 0) is 84.7 Å². The third-order valence-electron chi connectivity index (χ3n) is 7.06. The fourth-order valence-corrected chi connectivity index (χ4v) is 5.15. The van der Waals surface area contributed by atoms with Crippen LogP contribution in [0.1, 0.15) is 76.1 Å². The number of imidazole rings is 1. The minimum atomic E-state index is -0.960. The molecular formula is C33H41N5O6. The highest BCUT2D eigenvalue weighted by molar-refractivity contribution is 6.01. The lowest BCUT2D eigenvalue weighted by molar-refractivity contribution is -0.155. The Hall–Kier alpha value is -4.67. The second-order valence-electron chi connectivity index (χ2n) is 13.0. The second-order valence-corrected chi connectivity index (χ2v) is 13.0. The molecule has 3 amide bonds. The third-order valence-corrected chi connectivity index (χ3v) is 7.06. The number of nitrogens with two attached hydrogens (primary N) is 1. The zero-order valence-corrected chi connectivity index (χ0v) is 26.6. The number of hydrogen-bond acceptors (Lipinski definition) is 7. The van der Waals surface area contributed by atoms with E-state index >= 15 is 0 Å². The van der Waals surface area contributed by atoms with Crippen LogP contribution in [0.5, 0.6) is 0 Å². The van der Waals surface area contributed by atoms with Crippen LogP contribution in [0, 0.1) is 6.92 Å². The second kappa shape index (κ2) is 12.1. The van der Waals surface area contributed by atoms with Crippen molar-refractivity contribution in [2.45, 2.75) is 85.1 Å². The first-order chi connectivity index (χ1) is 20.4. The van der Waals surface area contributed by atoms with Gasteiger partial charge in [0, 0.05) is 42.4 Å². The zero-order chi connectivity index (χ0) is 32.6. The number of carbonyl (C=O) groups is 4. The maximum atomic E-state index is 13.4. The van der Waals surface area contributed by atoms with Crippen molar-refractivity contribution >= 4 is 29.6 Å². The van der Waals surface area contributed by atoms with Crippen LogP contribution in [-0.4, -0.2) is 55.6 Å². The molecule has 0 spiro atoms. The summed E-state index contributed by atoms with van der Waals surface area (Å²) < 4.78 is 12.7. The Morgan fingerprint density at radius 1 is 1.00 bits per heavy atom. The lowest BCUT2D eigenvalue weighted by atomic mass is 10.0. The largest absolute Gasteiger partial charge is 0.460 e. The van der Waals surface area contributed by atoms with E-state index < -0.39 is 35.2 Å². The molecule has 1 aliphatic rings. The van der Waals surface area contributed by atoms with Crippen molar-refractivity contribution in [3.05, 3.63) is 59.4 Å². The van der Waals surface area contributed by atoms with Crippen LogP contribution >= 0.6 is 0 Å². The van der Waals surface area contributed by atoms with Gasteiger partial charge in [-0.2, -0.15) is 0 Å². The topological polar surface area (TPSA) is 146 Å². The number of rotatable bonds is 8. The molecule has 1 aromatic heterocycles. The van der Waals surface area contributed by atoms with E-state index in [0.717, 1.165) is 28.2 Å². The number of nitrogens with zero attached hydrogens (tertiary/aromatic N) is 3. The Kier molecular flexibility index (Phi) is 8.90. The van der Waals surface area contributed by atoms with Gasteiger partial charge in [0.25, 0.3) is 5.91 Å². The van der Waals surface area contributed by atoms with Gasteiger partial charge in [0.1, 0.15) is 23.1 Å². The van der Waals surface area contributed by atoms with Gasteiger partial charge >= 0.3 is 12.1 Å². The van der Waals surface area contributed by atoms with Gasteiger partial charge < -0.3 is 24.7 Å². The van der Waals surface area contributed by atoms with E-state index in [1.165, 1.54) is 4.90 Å². The molecule has 1 atom stereocenters. The molecule has 11 heteroatoms. The highest BCUT2D eigenvalue weighted by Gasteiger charge is 2.36. The molecule has 0 saturated carbocycles. The van der Waals surface area contributed by atoms with Crippen LogP contribution in [0.3, 0.4) is 0 Å². The van der Waals surface area contributed by atoms with Gasteiger partial charge in [0.15, 0.2) is 0 Å². The Morgan fingerprint density at radius 2 is 1.68 bits per heavy atom. The Morgan fingerprint density at radius 3 is 2.32 bits per heavy atom. The number of primary amides is 1. The standard InChI is InChI=1S/C33H41N5O6/c1-19-35-27(28(37(19)8)21-10-9-11-23(17-21)36-31(42)44-33(5,6)7)20-12-13-24-22(16-20)18-38(30(24)41)25(29(34)40)14-15-26(39)43-32(2,3)4/h9-13,16-17,25H,14-15,18H2,1-8H3,(H2,34,40)(H,36,42). The molecule has 0 radical (unpaired) electrons. The minimum Gasteiger partial charge on any atom is -0.460 e. The lowest BCUT2D eigenvalue weighted by Gasteiger charge is -2.25. The minimum absolute atomic E-state index is 0.0470. The molecule has 0 saturated heterocycles. The van der Waals surface area contributed by atoms with Crippen molar-refractivity contribution < 1.29 is 28.7 Å². The molecule has 0 fully saturated rings. The lowest BCUT2D eigenvalue weighted by Crippen LogP contribution is -2.45. The van der Waals surface area contributed by atoms with E-state index in [4.69, 9.17) is 20.2 Å². The summed E-state index contributed by atoms with van der Waals surface area (Å²) in [6, 6.07) is 11.9. The predicted molar refractivity (Wildman–Crippen MR) is 167 cm³/mol. The number of amides is 3. The summed E-state index contributed by atoms with van der Waals surface area (Å²) in [6.07, 6.45) is -0.535. The van der Waals surface area contributed by atoms with E-state index in [1.54, 1.807) is 53.7 Å². The smallest absolute Gasteiger partial charge is 0.412 e. The van der Waals surface area contributed by atoms with E-state index in [9.17, 15) is 19.2 Å². The molecule has 44 heavy (non-hydrogen) atoms. The van der Waals surface area contributed by atoms with Crippen LogP contribution in [0.4, 0.5) is 10.5 Å². The van der Waals surface area contributed by atoms with E-state index in [-0.39, 0.29) is 25.3 Å². The van der Waals surface area contributed by atoms with Crippen molar-refractivity contribution in [1.29, 1.82) is 0 Å². The van der Waals surface area contributed by atoms with E-state index in [0.29, 0.717) is 16.9 Å². The summed E-state index contributed by atoms with van der Waals surface area (Å²) in [5.41, 5.74) is 9.30. The predicted octanol–water partition coefficient (Wildman–Crippen LogP) is 5.34. The Bertz CT molecular complexity index is 1610. The molecule has 3 N–H and O–H groups in total. The molecule has 1 unspecified atom stereocenters. The first-order valence-electron chi connectivity index (χ1n) is 14.5. The molecule has 1 aliphatic heterocycles. The van der Waals surface area contributed by atoms with Crippen LogP contribution < -0.4 is 11.1 Å². The van der Waals surface area contributed by atoms with E-state index in [2.05, 4.69) is 5.32 Å². The number of esters is 1. The average molecular weight is 604 g/mol. The van der Waals surface area contributed by atoms with Crippen molar-refractivity contribution in [3.8, 4) is 22.5 Å². The number of ether oxygens (including phenoxy) is 2. The van der Waals surface area contributed by atoms with Gasteiger partial charge in [-0.15, -0.1) is 0 Å². The number of aryl methyl sites for hydroxylation is 1. The molecule has 2 heterocycles. The average Bonchev–Trinajstić information content (AvgIpc) is 3.37. The highest BCUT2D eigenvalue weighted by Crippen LogP contribution is 2.36. The van der Waals surface area contributed by atoms with Crippen molar-refractivity contribution in [2.75, 3.05) is 5.32 Å². The third kappa shape index (κ3) is 7.45. The molecule has 3 aromatic rings. The number of fused-ring (bicyclic) bond motifs is 1. The van der Waals surface area contributed by atoms with Crippen molar-refractivity contribution in [1.82, 2.24) is 14.5 Å². The quantitative estimate of drug-likeness (QED) is 0.331. The molecule has 11 nitrogen and oxygen atoms in total. The van der Waals surface area contributed by atoms with Crippen LogP contribution in [0.25, 0.3) is 22.5 Å². The van der Waals surface area contributed by atoms with Crippen LogP contribution in [0.15, 0.2) is 42.5 Å². The summed E-state index contributed by atoms with van der Waals surface area (Å²) in [7, 11) is 1.91. The van der Waals surface area contributed by atoms with Gasteiger partial charge in [-0.1, -0.05) is 18.2 Å². The Labute approximate surface area is 257 Å². The molecule has 0 bridgehead atoms. The number of anilines is 1. The van der Waals surface area contributed by atoms with Gasteiger partial charge in [0.2, 0.25) is 5.91 Å². The van der Waals surface area contributed by atoms with Gasteiger partial charge in [0.05, 0.1) is 11.4 Å². The fourth-order valence-electron chi connectivity index (χ4n) is 5.15. The maximum Gasteiger partial charge on any atom is 0.412 e. The van der Waals surface area contributed by atoms with Crippen LogP contribution in [-0.2, 0) is 32.7 Å². The fraction of sp³-hybridized carbons (Fsp3) is 0.424. The van der Waals surface area contributed by atoms with Gasteiger partial charge in [-0.3, -0.25) is 19.7 Å². The van der Waals surface area contributed by atoms with Crippen molar-refractivity contribution in [3.63, 3.8) is 0 Å². The SMILES string of the molecule is Cc1nc(-c2ccc3c(c2)CN(C(CCC(=O)OC(C)(C)C)C(N)=O)C3=O)c(-c2cccc(NC(=O)OC(C)(C)C)c2)n1C. The molecule has 0 aliphatic carbocycles. The number of carbonyl (C=O) groups excluding carboxylic acids is 4. The van der Waals surface area contributed by atoms with Crippen molar-refractivity contribution in [2.24, 2.45) is 12.8 Å². The Balaban J connectivity index is 1.61. The first-order valence-corrected chi connectivity index (χ1v) is 14.5. The maximum absolute atomic E-state index is 13.4. The summed E-state index contributed by atoms with van der Waals surface area (Å²) in [6.45, 7) is 12.8. The number of nitrogens with one attached hydrogen (secondary N) is 1. The first kappa shape index (κ1) is 32.2. The monoisotopic (exact) mass is 603 g/mol.